The molecule has 0 spiro atoms. The number of benzene rings is 1. The van der Waals surface area contributed by atoms with Gasteiger partial charge in [0.15, 0.2) is 5.96 Å². The van der Waals surface area contributed by atoms with Crippen molar-refractivity contribution in [1.82, 2.24) is 10.2 Å². The van der Waals surface area contributed by atoms with Crippen LogP contribution in [0.5, 0.6) is 5.75 Å². The summed E-state index contributed by atoms with van der Waals surface area (Å²) in [6.07, 6.45) is 0. The van der Waals surface area contributed by atoms with Crippen LogP contribution in [-0.4, -0.2) is 50.7 Å². The lowest BCUT2D eigenvalue weighted by Crippen LogP contribution is -2.40. The molecule has 6 nitrogen and oxygen atoms in total. The maximum Gasteiger partial charge on any atom is 0.310 e. The van der Waals surface area contributed by atoms with Gasteiger partial charge in [0.2, 0.25) is 0 Å². The Labute approximate surface area is 167 Å². The van der Waals surface area contributed by atoms with Gasteiger partial charge >= 0.3 is 5.97 Å². The SMILES string of the molecule is CCNC(=NCc1ccccc1OC)N1CC(C)C(C(=O)OC)C1.I. The first-order chi connectivity index (χ1) is 11.6. The highest BCUT2D eigenvalue weighted by molar-refractivity contribution is 14.0. The summed E-state index contributed by atoms with van der Waals surface area (Å²) in [7, 11) is 3.11. The molecule has 0 radical (unpaired) electrons. The molecule has 0 aliphatic carbocycles. The Bertz CT molecular complexity index is 595. The van der Waals surface area contributed by atoms with E-state index in [1.54, 1.807) is 7.11 Å². The summed E-state index contributed by atoms with van der Waals surface area (Å²) in [5, 5.41) is 3.31. The lowest BCUT2D eigenvalue weighted by molar-refractivity contribution is -0.145. The van der Waals surface area contributed by atoms with E-state index in [0.29, 0.717) is 13.1 Å². The van der Waals surface area contributed by atoms with Crippen LogP contribution in [0, 0.1) is 11.8 Å². The van der Waals surface area contributed by atoms with Crippen molar-refractivity contribution in [3.8, 4) is 5.75 Å². The van der Waals surface area contributed by atoms with Crippen LogP contribution >= 0.6 is 24.0 Å². The van der Waals surface area contributed by atoms with Crippen LogP contribution in [0.2, 0.25) is 0 Å². The number of carbonyl (C=O) groups excluding carboxylic acids is 1. The zero-order chi connectivity index (χ0) is 17.5. The van der Waals surface area contributed by atoms with Gasteiger partial charge in [0, 0.05) is 25.2 Å². The van der Waals surface area contributed by atoms with E-state index in [-0.39, 0.29) is 41.8 Å². The highest BCUT2D eigenvalue weighted by Crippen LogP contribution is 2.24. The van der Waals surface area contributed by atoms with Crippen molar-refractivity contribution in [2.75, 3.05) is 33.9 Å². The normalized spacial score (nSPS) is 20.0. The van der Waals surface area contributed by atoms with Crippen molar-refractivity contribution in [3.63, 3.8) is 0 Å². The van der Waals surface area contributed by atoms with E-state index in [0.717, 1.165) is 30.4 Å². The van der Waals surface area contributed by atoms with Gasteiger partial charge in [0.05, 0.1) is 26.7 Å². The third kappa shape index (κ3) is 5.49. The highest BCUT2D eigenvalue weighted by Gasteiger charge is 2.36. The Morgan fingerprint density at radius 2 is 2.04 bits per heavy atom. The fraction of sp³-hybridized carbons (Fsp3) is 0.556. The fourth-order valence-corrected chi connectivity index (χ4v) is 3.02. The van der Waals surface area contributed by atoms with Crippen molar-refractivity contribution in [1.29, 1.82) is 0 Å². The molecule has 0 bridgehead atoms. The molecule has 0 amide bonds. The number of ether oxygens (including phenoxy) is 2. The number of halogens is 1. The number of hydrogen-bond donors (Lipinski definition) is 1. The molecule has 0 saturated carbocycles. The minimum atomic E-state index is -0.148. The Morgan fingerprint density at radius 1 is 1.32 bits per heavy atom. The van der Waals surface area contributed by atoms with E-state index < -0.39 is 0 Å². The molecule has 1 fully saturated rings. The maximum atomic E-state index is 11.9. The summed E-state index contributed by atoms with van der Waals surface area (Å²) in [5.74, 6) is 1.64. The fourth-order valence-electron chi connectivity index (χ4n) is 3.02. The Kier molecular flexibility index (Phi) is 9.02. The standard InChI is InChI=1S/C18H27N3O3.HI/c1-5-19-18(20-10-14-8-6-7-9-16(14)23-3)21-11-13(2)15(12-21)17(22)24-4;/h6-9,13,15H,5,10-12H2,1-4H3,(H,19,20);1H. The third-order valence-electron chi connectivity index (χ3n) is 4.34. The molecule has 1 aliphatic rings. The molecule has 0 aromatic heterocycles. The van der Waals surface area contributed by atoms with E-state index in [4.69, 9.17) is 14.5 Å². The van der Waals surface area contributed by atoms with Gasteiger partial charge in [-0.1, -0.05) is 25.1 Å². The summed E-state index contributed by atoms with van der Waals surface area (Å²) in [4.78, 5) is 18.7. The molecule has 2 atom stereocenters. The molecule has 1 aliphatic heterocycles. The number of guanidine groups is 1. The van der Waals surface area contributed by atoms with Crippen molar-refractivity contribution in [3.05, 3.63) is 29.8 Å². The molecule has 1 N–H and O–H groups in total. The Hall–Kier alpha value is -1.51. The molecule has 1 heterocycles. The van der Waals surface area contributed by atoms with Gasteiger partial charge in [-0.05, 0) is 18.9 Å². The first-order valence-electron chi connectivity index (χ1n) is 8.33. The number of para-hydroxylation sites is 1. The van der Waals surface area contributed by atoms with E-state index in [1.165, 1.54) is 7.11 Å². The van der Waals surface area contributed by atoms with Crippen LogP contribution in [0.3, 0.4) is 0 Å². The number of esters is 1. The largest absolute Gasteiger partial charge is 0.496 e. The number of hydrogen-bond acceptors (Lipinski definition) is 4. The van der Waals surface area contributed by atoms with Gasteiger partial charge in [0.25, 0.3) is 0 Å². The minimum Gasteiger partial charge on any atom is -0.496 e. The zero-order valence-electron chi connectivity index (χ0n) is 15.3. The second-order valence-electron chi connectivity index (χ2n) is 5.99. The molecular weight excluding hydrogens is 433 g/mol. The summed E-state index contributed by atoms with van der Waals surface area (Å²) < 4.78 is 10.3. The summed E-state index contributed by atoms with van der Waals surface area (Å²) in [5.41, 5.74) is 1.03. The minimum absolute atomic E-state index is 0. The van der Waals surface area contributed by atoms with E-state index in [9.17, 15) is 4.79 Å². The molecule has 140 valence electrons. The molecule has 2 rings (SSSR count). The average Bonchev–Trinajstić information content (AvgIpc) is 2.99. The van der Waals surface area contributed by atoms with Gasteiger partial charge in [0.1, 0.15) is 5.75 Å². The zero-order valence-corrected chi connectivity index (χ0v) is 17.7. The van der Waals surface area contributed by atoms with Crippen LogP contribution in [-0.2, 0) is 16.1 Å². The van der Waals surface area contributed by atoms with E-state index in [1.807, 2.05) is 31.2 Å². The van der Waals surface area contributed by atoms with Crippen LogP contribution in [0.15, 0.2) is 29.3 Å². The van der Waals surface area contributed by atoms with Crippen molar-refractivity contribution >= 4 is 35.9 Å². The van der Waals surface area contributed by atoms with Crippen molar-refractivity contribution in [2.45, 2.75) is 20.4 Å². The smallest absolute Gasteiger partial charge is 0.310 e. The molecule has 7 heteroatoms. The first-order valence-corrected chi connectivity index (χ1v) is 8.33. The van der Waals surface area contributed by atoms with Gasteiger partial charge in [-0.15, -0.1) is 24.0 Å². The van der Waals surface area contributed by atoms with E-state index >= 15 is 0 Å². The topological polar surface area (TPSA) is 63.2 Å². The Morgan fingerprint density at radius 3 is 2.68 bits per heavy atom. The number of carbonyl (C=O) groups is 1. The lowest BCUT2D eigenvalue weighted by atomic mass is 9.99. The molecule has 1 aromatic rings. The first kappa shape index (κ1) is 21.5. The van der Waals surface area contributed by atoms with Crippen molar-refractivity contribution in [2.24, 2.45) is 16.8 Å². The van der Waals surface area contributed by atoms with Crippen LogP contribution in [0.1, 0.15) is 19.4 Å². The summed E-state index contributed by atoms with van der Waals surface area (Å²) in [6.45, 7) is 6.84. The van der Waals surface area contributed by atoms with Gasteiger partial charge in [-0.3, -0.25) is 4.79 Å². The maximum absolute atomic E-state index is 11.9. The number of rotatable bonds is 5. The monoisotopic (exact) mass is 461 g/mol. The van der Waals surface area contributed by atoms with Gasteiger partial charge in [-0.2, -0.15) is 0 Å². The highest BCUT2D eigenvalue weighted by atomic mass is 127. The van der Waals surface area contributed by atoms with Crippen LogP contribution in [0.4, 0.5) is 0 Å². The summed E-state index contributed by atoms with van der Waals surface area (Å²) >= 11 is 0. The second-order valence-corrected chi connectivity index (χ2v) is 5.99. The number of methoxy groups -OCH3 is 2. The van der Waals surface area contributed by atoms with Gasteiger partial charge in [-0.25, -0.2) is 4.99 Å². The molecule has 1 saturated heterocycles. The summed E-state index contributed by atoms with van der Waals surface area (Å²) in [6, 6.07) is 7.87. The predicted octanol–water partition coefficient (Wildman–Crippen LogP) is 2.52. The molecule has 25 heavy (non-hydrogen) atoms. The number of nitrogens with zero attached hydrogens (tertiary/aromatic N) is 2. The van der Waals surface area contributed by atoms with Gasteiger partial charge < -0.3 is 19.7 Å². The molecule has 1 aromatic carbocycles. The number of likely N-dealkylation sites (tertiary alicyclic amines) is 1. The Balaban J connectivity index is 0.00000312. The third-order valence-corrected chi connectivity index (χ3v) is 4.34. The lowest BCUT2D eigenvalue weighted by Gasteiger charge is -2.21. The van der Waals surface area contributed by atoms with Crippen LogP contribution < -0.4 is 10.1 Å². The van der Waals surface area contributed by atoms with Crippen LogP contribution in [0.25, 0.3) is 0 Å². The average molecular weight is 461 g/mol. The van der Waals surface area contributed by atoms with Crippen molar-refractivity contribution < 1.29 is 14.3 Å². The predicted molar refractivity (Wildman–Crippen MR) is 109 cm³/mol. The second kappa shape index (κ2) is 10.5. The molecular formula is C18H28IN3O3. The van der Waals surface area contributed by atoms with E-state index in [2.05, 4.69) is 17.1 Å². The number of nitrogens with one attached hydrogen (secondary N) is 1. The quantitative estimate of drug-likeness (QED) is 0.316. The number of aliphatic imine (C=N–C) groups is 1. The molecule has 2 unspecified atom stereocenters.